The summed E-state index contributed by atoms with van der Waals surface area (Å²) in [6, 6.07) is 20.9. The molecule has 0 aromatic heterocycles. The first-order valence-corrected chi connectivity index (χ1v) is 11.5. The maximum absolute atomic E-state index is 13.2. The Bertz CT molecular complexity index is 1260. The zero-order valence-electron chi connectivity index (χ0n) is 20.3. The van der Waals surface area contributed by atoms with Crippen LogP contribution in [0.2, 0.25) is 0 Å². The molecule has 1 saturated heterocycles. The fraction of sp³-hybridized carbons (Fsp3) is 0.321. The molecular weight excluding hydrogens is 426 g/mol. The van der Waals surface area contributed by atoms with E-state index in [-0.39, 0.29) is 18.0 Å². The van der Waals surface area contributed by atoms with E-state index in [1.165, 1.54) is 0 Å². The molecule has 1 heterocycles. The summed E-state index contributed by atoms with van der Waals surface area (Å²) in [4.78, 5) is 39.6. The SMILES string of the molecule is CC(NC(=O)CN1C(=O)NC(C)(c2ccc(C(C)(C)C)cc2)C1=O)c1ccc2ccccc2c1. The van der Waals surface area contributed by atoms with E-state index in [0.717, 1.165) is 26.8 Å². The summed E-state index contributed by atoms with van der Waals surface area (Å²) in [6.45, 7) is 9.57. The number of amides is 4. The highest BCUT2D eigenvalue weighted by Crippen LogP contribution is 2.31. The molecule has 0 saturated carbocycles. The average molecular weight is 458 g/mol. The lowest BCUT2D eigenvalue weighted by molar-refractivity contribution is -0.135. The van der Waals surface area contributed by atoms with Crippen LogP contribution in [0.5, 0.6) is 0 Å². The number of rotatable bonds is 5. The Morgan fingerprint density at radius 1 is 1.00 bits per heavy atom. The van der Waals surface area contributed by atoms with Crippen molar-refractivity contribution in [1.82, 2.24) is 15.5 Å². The van der Waals surface area contributed by atoms with Gasteiger partial charge in [-0.1, -0.05) is 81.4 Å². The quantitative estimate of drug-likeness (QED) is 0.541. The Labute approximate surface area is 200 Å². The predicted molar refractivity (Wildman–Crippen MR) is 133 cm³/mol. The van der Waals surface area contributed by atoms with Crippen molar-refractivity contribution in [1.29, 1.82) is 0 Å². The standard InChI is InChI=1S/C28H31N3O3/c1-18(20-11-10-19-8-6-7-9-21(19)16-20)29-24(32)17-31-25(33)28(5,30-26(31)34)23-14-12-22(13-15-23)27(2,3)4/h6-16,18H,17H2,1-5H3,(H,29,32)(H,30,34). The number of hydrogen-bond acceptors (Lipinski definition) is 3. The number of carbonyl (C=O) groups excluding carboxylic acids is 3. The summed E-state index contributed by atoms with van der Waals surface area (Å²) >= 11 is 0. The molecule has 176 valence electrons. The summed E-state index contributed by atoms with van der Waals surface area (Å²) in [5.74, 6) is -0.828. The van der Waals surface area contributed by atoms with Gasteiger partial charge in [0.05, 0.1) is 6.04 Å². The minimum Gasteiger partial charge on any atom is -0.348 e. The average Bonchev–Trinajstić information content (AvgIpc) is 3.02. The van der Waals surface area contributed by atoms with E-state index in [1.54, 1.807) is 6.92 Å². The van der Waals surface area contributed by atoms with E-state index in [4.69, 9.17) is 0 Å². The van der Waals surface area contributed by atoms with Crippen molar-refractivity contribution in [2.24, 2.45) is 0 Å². The maximum Gasteiger partial charge on any atom is 0.325 e. The molecule has 3 aromatic rings. The van der Waals surface area contributed by atoms with Gasteiger partial charge >= 0.3 is 6.03 Å². The summed E-state index contributed by atoms with van der Waals surface area (Å²) in [5.41, 5.74) is 1.54. The third-order valence-electron chi connectivity index (χ3n) is 6.56. The van der Waals surface area contributed by atoms with E-state index in [1.807, 2.05) is 73.7 Å². The number of benzene rings is 3. The zero-order chi connectivity index (χ0) is 24.7. The number of fused-ring (bicyclic) bond motifs is 1. The van der Waals surface area contributed by atoms with Crippen molar-refractivity contribution < 1.29 is 14.4 Å². The van der Waals surface area contributed by atoms with Gasteiger partial charge in [0.1, 0.15) is 12.1 Å². The predicted octanol–water partition coefficient (Wildman–Crippen LogP) is 4.78. The van der Waals surface area contributed by atoms with Crippen molar-refractivity contribution >= 4 is 28.6 Å². The summed E-state index contributed by atoms with van der Waals surface area (Å²) < 4.78 is 0. The topological polar surface area (TPSA) is 78.5 Å². The Hall–Kier alpha value is -3.67. The first kappa shape index (κ1) is 23.5. The van der Waals surface area contributed by atoms with Crippen LogP contribution in [0.15, 0.2) is 66.7 Å². The number of nitrogens with one attached hydrogen (secondary N) is 2. The smallest absolute Gasteiger partial charge is 0.325 e. The van der Waals surface area contributed by atoms with Gasteiger partial charge in [0.2, 0.25) is 5.91 Å². The summed E-state index contributed by atoms with van der Waals surface area (Å²) in [6.07, 6.45) is 0. The van der Waals surface area contributed by atoms with E-state index in [2.05, 4.69) is 31.4 Å². The minimum absolute atomic E-state index is 0.0196. The molecule has 2 atom stereocenters. The van der Waals surface area contributed by atoms with Crippen LogP contribution in [-0.4, -0.2) is 29.3 Å². The minimum atomic E-state index is -1.21. The lowest BCUT2D eigenvalue weighted by atomic mass is 9.84. The van der Waals surface area contributed by atoms with Crippen LogP contribution in [0.25, 0.3) is 10.8 Å². The van der Waals surface area contributed by atoms with Crippen LogP contribution in [0.1, 0.15) is 57.4 Å². The summed E-state index contributed by atoms with van der Waals surface area (Å²) in [5, 5.41) is 7.89. The van der Waals surface area contributed by atoms with Crippen LogP contribution in [0, 0.1) is 0 Å². The molecular formula is C28H31N3O3. The van der Waals surface area contributed by atoms with Gasteiger partial charge in [-0.25, -0.2) is 4.79 Å². The van der Waals surface area contributed by atoms with Crippen molar-refractivity contribution in [2.45, 2.75) is 51.6 Å². The molecule has 4 rings (SSSR count). The second-order valence-electron chi connectivity index (χ2n) is 10.2. The molecule has 1 aliphatic rings. The largest absolute Gasteiger partial charge is 0.348 e. The molecule has 34 heavy (non-hydrogen) atoms. The number of imide groups is 1. The van der Waals surface area contributed by atoms with Gasteiger partial charge in [-0.05, 0) is 52.8 Å². The number of hydrogen-bond donors (Lipinski definition) is 2. The number of nitrogens with zero attached hydrogens (tertiary/aromatic N) is 1. The van der Waals surface area contributed by atoms with Crippen molar-refractivity contribution in [2.75, 3.05) is 6.54 Å². The lowest BCUT2D eigenvalue weighted by Crippen LogP contribution is -2.43. The molecule has 2 unspecified atom stereocenters. The second-order valence-corrected chi connectivity index (χ2v) is 10.2. The highest BCUT2D eigenvalue weighted by Gasteiger charge is 2.49. The lowest BCUT2D eigenvalue weighted by Gasteiger charge is -2.24. The van der Waals surface area contributed by atoms with E-state index < -0.39 is 23.4 Å². The van der Waals surface area contributed by atoms with Gasteiger partial charge < -0.3 is 10.6 Å². The van der Waals surface area contributed by atoms with E-state index in [9.17, 15) is 14.4 Å². The third-order valence-corrected chi connectivity index (χ3v) is 6.56. The first-order chi connectivity index (χ1) is 16.0. The summed E-state index contributed by atoms with van der Waals surface area (Å²) in [7, 11) is 0. The van der Waals surface area contributed by atoms with Crippen molar-refractivity contribution in [3.8, 4) is 0 Å². The Morgan fingerprint density at radius 2 is 1.65 bits per heavy atom. The van der Waals surface area contributed by atoms with Crippen LogP contribution < -0.4 is 10.6 Å². The van der Waals surface area contributed by atoms with Gasteiger partial charge in [-0.15, -0.1) is 0 Å². The first-order valence-electron chi connectivity index (χ1n) is 11.5. The molecule has 1 fully saturated rings. The third kappa shape index (κ3) is 4.40. The van der Waals surface area contributed by atoms with Crippen LogP contribution in [0.4, 0.5) is 4.79 Å². The number of urea groups is 1. The van der Waals surface area contributed by atoms with E-state index in [0.29, 0.717) is 5.56 Å². The maximum atomic E-state index is 13.2. The highest BCUT2D eigenvalue weighted by molar-refractivity contribution is 6.09. The second kappa shape index (κ2) is 8.60. The van der Waals surface area contributed by atoms with Crippen molar-refractivity contribution in [3.63, 3.8) is 0 Å². The van der Waals surface area contributed by atoms with Crippen molar-refractivity contribution in [3.05, 3.63) is 83.4 Å². The van der Waals surface area contributed by atoms with Crippen LogP contribution >= 0.6 is 0 Å². The fourth-order valence-electron chi connectivity index (χ4n) is 4.33. The monoisotopic (exact) mass is 457 g/mol. The van der Waals surface area contributed by atoms with Crippen LogP contribution in [0.3, 0.4) is 0 Å². The Kier molecular flexibility index (Phi) is 5.94. The molecule has 3 aromatic carbocycles. The number of carbonyl (C=O) groups is 3. The van der Waals surface area contributed by atoms with Gasteiger partial charge in [0.25, 0.3) is 5.91 Å². The normalized spacial score (nSPS) is 19.3. The molecule has 6 heteroatoms. The van der Waals surface area contributed by atoms with Gasteiger partial charge in [0.15, 0.2) is 0 Å². The molecule has 0 bridgehead atoms. The van der Waals surface area contributed by atoms with Gasteiger partial charge in [-0.3, -0.25) is 14.5 Å². The van der Waals surface area contributed by atoms with Crippen LogP contribution in [-0.2, 0) is 20.5 Å². The highest BCUT2D eigenvalue weighted by atomic mass is 16.2. The molecule has 0 radical (unpaired) electrons. The van der Waals surface area contributed by atoms with E-state index >= 15 is 0 Å². The Morgan fingerprint density at radius 3 is 2.29 bits per heavy atom. The molecule has 1 aliphatic heterocycles. The molecule has 4 amide bonds. The van der Waals surface area contributed by atoms with Gasteiger partial charge in [-0.2, -0.15) is 0 Å². The zero-order valence-corrected chi connectivity index (χ0v) is 20.3. The molecule has 2 N–H and O–H groups in total. The Balaban J connectivity index is 1.45. The molecule has 0 spiro atoms. The van der Waals surface area contributed by atoms with Gasteiger partial charge in [0, 0.05) is 0 Å². The molecule has 0 aliphatic carbocycles. The molecule has 6 nitrogen and oxygen atoms in total. The fourth-order valence-corrected chi connectivity index (χ4v) is 4.33.